The number of pyridine rings is 1. The maximum atomic E-state index is 13.0. The van der Waals surface area contributed by atoms with Crippen LogP contribution in [0.25, 0.3) is 33.1 Å². The van der Waals surface area contributed by atoms with Crippen LogP contribution in [-0.2, 0) is 6.54 Å². The number of carbonyl (C=O) groups is 1. The third-order valence-corrected chi connectivity index (χ3v) is 6.13. The first kappa shape index (κ1) is 21.0. The van der Waals surface area contributed by atoms with E-state index in [4.69, 9.17) is 16.3 Å². The quantitative estimate of drug-likeness (QED) is 0.317. The second kappa shape index (κ2) is 8.60. The molecule has 5 aromatic rings. The van der Waals surface area contributed by atoms with Gasteiger partial charge in [-0.15, -0.1) is 0 Å². The summed E-state index contributed by atoms with van der Waals surface area (Å²) in [4.78, 5) is 17.4. The van der Waals surface area contributed by atoms with E-state index in [1.807, 2.05) is 24.3 Å². The van der Waals surface area contributed by atoms with Gasteiger partial charge in [0.1, 0.15) is 5.75 Å². The summed E-state index contributed by atoms with van der Waals surface area (Å²) in [6, 6.07) is 23.1. The van der Waals surface area contributed by atoms with E-state index < -0.39 is 0 Å². The highest BCUT2D eigenvalue weighted by molar-refractivity contribution is 6.33. The Hall–Kier alpha value is -3.83. The molecule has 0 unspecified atom stereocenters. The summed E-state index contributed by atoms with van der Waals surface area (Å²) >= 11 is 6.30. The van der Waals surface area contributed by atoms with Gasteiger partial charge in [-0.05, 0) is 61.5 Å². The normalized spacial score (nSPS) is 11.1. The molecule has 0 saturated carbocycles. The van der Waals surface area contributed by atoms with E-state index in [0.717, 1.165) is 28.7 Å². The van der Waals surface area contributed by atoms with Crippen LogP contribution in [0.3, 0.4) is 0 Å². The lowest BCUT2D eigenvalue weighted by Gasteiger charge is -2.12. The molecule has 0 radical (unpaired) electrons. The van der Waals surface area contributed by atoms with Gasteiger partial charge in [-0.2, -0.15) is 0 Å². The van der Waals surface area contributed by atoms with E-state index >= 15 is 0 Å². The number of rotatable bonds is 5. The van der Waals surface area contributed by atoms with E-state index in [0.29, 0.717) is 22.0 Å². The Morgan fingerprint density at radius 2 is 1.82 bits per heavy atom. The molecule has 2 heterocycles. The highest BCUT2D eigenvalue weighted by atomic mass is 35.5. The van der Waals surface area contributed by atoms with E-state index in [1.165, 1.54) is 10.9 Å². The van der Waals surface area contributed by atoms with Crippen molar-refractivity contribution >= 4 is 45.0 Å². The molecule has 2 aromatic heterocycles. The molecule has 33 heavy (non-hydrogen) atoms. The van der Waals surface area contributed by atoms with Crippen LogP contribution >= 0.6 is 11.6 Å². The molecule has 0 bridgehead atoms. The summed E-state index contributed by atoms with van der Waals surface area (Å²) in [6.07, 6.45) is 1.67. The second-order valence-corrected chi connectivity index (χ2v) is 8.10. The van der Waals surface area contributed by atoms with E-state index in [1.54, 1.807) is 43.6 Å². The Morgan fingerprint density at radius 3 is 2.61 bits per heavy atom. The van der Waals surface area contributed by atoms with E-state index in [9.17, 15) is 4.79 Å². The number of fused-ring (bicyclic) bond motifs is 3. The van der Waals surface area contributed by atoms with Crippen LogP contribution in [-0.4, -0.2) is 22.6 Å². The maximum Gasteiger partial charge on any atom is 0.255 e. The smallest absolute Gasteiger partial charge is 0.255 e. The zero-order valence-electron chi connectivity index (χ0n) is 18.3. The Labute approximate surface area is 196 Å². The van der Waals surface area contributed by atoms with Crippen LogP contribution < -0.4 is 10.1 Å². The molecule has 0 saturated heterocycles. The molecule has 0 spiro atoms. The molecular formula is C27H22ClN3O2. The van der Waals surface area contributed by atoms with Crippen molar-refractivity contribution in [3.05, 3.63) is 89.6 Å². The van der Waals surface area contributed by atoms with Gasteiger partial charge < -0.3 is 14.6 Å². The number of ether oxygens (including phenoxy) is 1. The number of hydrogen-bond donors (Lipinski definition) is 1. The number of halogens is 1. The minimum absolute atomic E-state index is 0.217. The summed E-state index contributed by atoms with van der Waals surface area (Å²) in [5, 5.41) is 5.82. The first-order chi connectivity index (χ1) is 16.1. The van der Waals surface area contributed by atoms with Crippen molar-refractivity contribution in [2.45, 2.75) is 13.5 Å². The monoisotopic (exact) mass is 455 g/mol. The highest BCUT2D eigenvalue weighted by Gasteiger charge is 2.16. The molecular weight excluding hydrogens is 434 g/mol. The summed E-state index contributed by atoms with van der Waals surface area (Å²) in [5.41, 5.74) is 4.90. The average molecular weight is 456 g/mol. The Balaban J connectivity index is 1.48. The summed E-state index contributed by atoms with van der Waals surface area (Å²) in [7, 11) is 1.56. The highest BCUT2D eigenvalue weighted by Crippen LogP contribution is 2.34. The van der Waals surface area contributed by atoms with Crippen molar-refractivity contribution in [2.24, 2.45) is 0 Å². The molecule has 6 heteroatoms. The Kier molecular flexibility index (Phi) is 5.48. The van der Waals surface area contributed by atoms with Crippen LogP contribution in [0.1, 0.15) is 17.3 Å². The minimum atomic E-state index is -0.217. The van der Waals surface area contributed by atoms with Crippen molar-refractivity contribution in [2.75, 3.05) is 12.4 Å². The fourth-order valence-corrected chi connectivity index (χ4v) is 4.51. The van der Waals surface area contributed by atoms with Gasteiger partial charge in [0.2, 0.25) is 0 Å². The number of nitrogens with zero attached hydrogens (tertiary/aromatic N) is 2. The van der Waals surface area contributed by atoms with Gasteiger partial charge in [-0.1, -0.05) is 29.8 Å². The van der Waals surface area contributed by atoms with Gasteiger partial charge in [0.25, 0.3) is 5.91 Å². The number of benzene rings is 3. The van der Waals surface area contributed by atoms with Crippen molar-refractivity contribution in [3.63, 3.8) is 0 Å². The molecule has 164 valence electrons. The third-order valence-electron chi connectivity index (χ3n) is 5.82. The van der Waals surface area contributed by atoms with Crippen LogP contribution in [0.4, 0.5) is 5.69 Å². The number of hydrogen-bond acceptors (Lipinski definition) is 3. The molecule has 1 N–H and O–H groups in total. The molecule has 3 aromatic carbocycles. The summed E-state index contributed by atoms with van der Waals surface area (Å²) < 4.78 is 7.82. The molecule has 0 atom stereocenters. The summed E-state index contributed by atoms with van der Waals surface area (Å²) in [5.74, 6) is 0.315. The molecule has 0 fully saturated rings. The van der Waals surface area contributed by atoms with E-state index in [2.05, 4.69) is 40.0 Å². The number of para-hydroxylation sites is 1. The average Bonchev–Trinajstić information content (AvgIpc) is 3.17. The van der Waals surface area contributed by atoms with Crippen LogP contribution in [0.5, 0.6) is 5.75 Å². The minimum Gasteiger partial charge on any atom is -0.496 e. The number of anilines is 1. The zero-order valence-corrected chi connectivity index (χ0v) is 19.1. The largest absolute Gasteiger partial charge is 0.496 e. The lowest BCUT2D eigenvalue weighted by atomic mass is 10.1. The predicted molar refractivity (Wildman–Crippen MR) is 134 cm³/mol. The Bertz CT molecular complexity index is 1510. The van der Waals surface area contributed by atoms with Crippen LogP contribution in [0.2, 0.25) is 5.02 Å². The number of amides is 1. The number of carbonyl (C=O) groups excluding carboxylic acids is 1. The number of methoxy groups -OCH3 is 1. The molecule has 0 aliphatic rings. The van der Waals surface area contributed by atoms with Crippen molar-refractivity contribution < 1.29 is 9.53 Å². The van der Waals surface area contributed by atoms with Crippen LogP contribution in [0, 0.1) is 0 Å². The first-order valence-corrected chi connectivity index (χ1v) is 11.1. The lowest BCUT2D eigenvalue weighted by Crippen LogP contribution is -2.12. The molecule has 5 nitrogen and oxygen atoms in total. The molecule has 5 rings (SSSR count). The molecule has 0 aliphatic heterocycles. The van der Waals surface area contributed by atoms with Crippen LogP contribution in [0.15, 0.2) is 79.0 Å². The topological polar surface area (TPSA) is 56.2 Å². The van der Waals surface area contributed by atoms with Gasteiger partial charge >= 0.3 is 0 Å². The number of aryl methyl sites for hydroxylation is 1. The molecule has 1 amide bonds. The van der Waals surface area contributed by atoms with Crippen molar-refractivity contribution in [1.82, 2.24) is 9.55 Å². The predicted octanol–water partition coefficient (Wildman–Crippen LogP) is 6.79. The third kappa shape index (κ3) is 3.70. The lowest BCUT2D eigenvalue weighted by molar-refractivity contribution is 0.102. The zero-order chi connectivity index (χ0) is 22.9. The molecule has 0 aliphatic carbocycles. The number of nitrogens with one attached hydrogen (secondary N) is 1. The van der Waals surface area contributed by atoms with E-state index in [-0.39, 0.29) is 5.91 Å². The Morgan fingerprint density at radius 1 is 1.00 bits per heavy atom. The first-order valence-electron chi connectivity index (χ1n) is 10.7. The SMILES string of the molecule is CCn1c2ccccc2c2cc(NC(=O)c3ccc(-c4ncccc4Cl)c(OC)c3)ccc21. The van der Waals surface area contributed by atoms with Gasteiger partial charge in [-0.3, -0.25) is 9.78 Å². The van der Waals surface area contributed by atoms with Gasteiger partial charge in [0, 0.05) is 51.4 Å². The maximum absolute atomic E-state index is 13.0. The van der Waals surface area contributed by atoms with Crippen molar-refractivity contribution in [3.8, 4) is 17.0 Å². The standard InChI is InChI=1S/C27H22ClN3O2/c1-3-31-23-9-5-4-7-19(23)21-16-18(11-13-24(21)31)30-27(32)17-10-12-20(25(15-17)33-2)26-22(28)8-6-14-29-26/h4-16H,3H2,1-2H3,(H,30,32). The van der Waals surface area contributed by atoms with Gasteiger partial charge in [0.15, 0.2) is 0 Å². The fourth-order valence-electron chi connectivity index (χ4n) is 4.29. The van der Waals surface area contributed by atoms with Gasteiger partial charge in [-0.25, -0.2) is 0 Å². The fraction of sp³-hybridized carbons (Fsp3) is 0.111. The van der Waals surface area contributed by atoms with Gasteiger partial charge in [0.05, 0.1) is 17.8 Å². The van der Waals surface area contributed by atoms with Crippen molar-refractivity contribution in [1.29, 1.82) is 0 Å². The second-order valence-electron chi connectivity index (χ2n) is 7.70. The number of aromatic nitrogens is 2. The summed E-state index contributed by atoms with van der Waals surface area (Å²) in [6.45, 7) is 3.01.